The number of ether oxygens (including phenoxy) is 3. The maximum absolute atomic E-state index is 12.9. The Balaban J connectivity index is 1.41. The van der Waals surface area contributed by atoms with Crippen molar-refractivity contribution < 1.29 is 23.7 Å². The van der Waals surface area contributed by atoms with Crippen molar-refractivity contribution in [2.24, 2.45) is 0 Å². The van der Waals surface area contributed by atoms with Crippen LogP contribution in [0, 0.1) is 13.8 Å². The Bertz CT molecular complexity index is 1140. The second kappa shape index (κ2) is 9.95. The third kappa shape index (κ3) is 5.93. The Morgan fingerprint density at radius 2 is 1.76 bits per heavy atom. The van der Waals surface area contributed by atoms with E-state index in [1.165, 1.54) is 6.26 Å². The van der Waals surface area contributed by atoms with Crippen LogP contribution in [0.2, 0.25) is 0 Å². The number of hydrogen-bond donors (Lipinski definition) is 1. The molecular weight excluding hydrogens is 422 g/mol. The van der Waals surface area contributed by atoms with Crippen LogP contribution in [0.15, 0.2) is 51.9 Å². The highest BCUT2D eigenvalue weighted by Gasteiger charge is 2.24. The zero-order chi connectivity index (χ0) is 23.5. The van der Waals surface area contributed by atoms with Gasteiger partial charge in [-0.15, -0.1) is 0 Å². The summed E-state index contributed by atoms with van der Waals surface area (Å²) in [5.41, 5.74) is 2.25. The normalized spacial score (nSPS) is 20.0. The fourth-order valence-electron chi connectivity index (χ4n) is 4.35. The summed E-state index contributed by atoms with van der Waals surface area (Å²) in [5.74, 6) is 1.25. The van der Waals surface area contributed by atoms with Crippen LogP contribution in [0.25, 0.3) is 11.0 Å². The van der Waals surface area contributed by atoms with Gasteiger partial charge in [-0.1, -0.05) is 6.07 Å². The molecule has 2 heterocycles. The van der Waals surface area contributed by atoms with E-state index < -0.39 is 6.10 Å². The Hall–Kier alpha value is -2.87. The monoisotopic (exact) mass is 453 g/mol. The van der Waals surface area contributed by atoms with Crippen molar-refractivity contribution in [3.05, 3.63) is 64.0 Å². The fourth-order valence-corrected chi connectivity index (χ4v) is 4.35. The minimum Gasteiger partial charge on any atom is -0.491 e. The van der Waals surface area contributed by atoms with Crippen LogP contribution in [0.3, 0.4) is 0 Å². The molecule has 3 aromatic rings. The molecule has 4 rings (SSSR count). The van der Waals surface area contributed by atoms with Crippen molar-refractivity contribution in [1.82, 2.24) is 4.90 Å². The maximum atomic E-state index is 12.9. The van der Waals surface area contributed by atoms with E-state index in [1.807, 2.05) is 45.9 Å². The van der Waals surface area contributed by atoms with E-state index in [1.54, 1.807) is 18.2 Å². The number of aliphatic hydroxyl groups is 1. The van der Waals surface area contributed by atoms with Gasteiger partial charge in [0.25, 0.3) is 0 Å². The Kier molecular flexibility index (Phi) is 7.02. The molecule has 1 N–H and O–H groups in total. The summed E-state index contributed by atoms with van der Waals surface area (Å²) in [6.45, 7) is 10.2. The molecule has 1 fully saturated rings. The van der Waals surface area contributed by atoms with E-state index in [-0.39, 0.29) is 30.0 Å². The number of rotatable bonds is 7. The standard InChI is InChI=1S/C26H31NO6/c1-16-7-17(2)9-22(8-16)33-25-15-31-24-10-21(5-6-23(24)26(25)29)30-14-20(28)13-27-11-18(3)32-19(4)12-27/h5-10,15,18-20,28H,11-14H2,1-4H3. The second-order valence-corrected chi connectivity index (χ2v) is 8.95. The van der Waals surface area contributed by atoms with Crippen molar-refractivity contribution >= 4 is 11.0 Å². The highest BCUT2D eigenvalue weighted by Crippen LogP contribution is 2.25. The molecule has 0 spiro atoms. The SMILES string of the molecule is Cc1cc(C)cc(Oc2coc3cc(OCC(O)CN4CC(C)OC(C)C4)ccc3c2=O)c1. The molecule has 3 unspecified atom stereocenters. The summed E-state index contributed by atoms with van der Waals surface area (Å²) >= 11 is 0. The first-order valence-electron chi connectivity index (χ1n) is 11.3. The third-order valence-electron chi connectivity index (χ3n) is 5.54. The number of fused-ring (bicyclic) bond motifs is 1. The summed E-state index contributed by atoms with van der Waals surface area (Å²) in [4.78, 5) is 15.1. The number of β-amino-alcohol motifs (C(OH)–C–C–N with tert-alkyl or cyclic N) is 1. The topological polar surface area (TPSA) is 81.4 Å². The van der Waals surface area contributed by atoms with E-state index in [0.717, 1.165) is 24.2 Å². The quantitative estimate of drug-likeness (QED) is 0.578. The molecule has 0 bridgehead atoms. The number of hydrogen-bond acceptors (Lipinski definition) is 7. The van der Waals surface area contributed by atoms with Crippen LogP contribution < -0.4 is 14.9 Å². The lowest BCUT2D eigenvalue weighted by Crippen LogP contribution is -2.48. The summed E-state index contributed by atoms with van der Waals surface area (Å²) < 4.78 is 22.9. The van der Waals surface area contributed by atoms with Crippen molar-refractivity contribution in [2.75, 3.05) is 26.2 Å². The van der Waals surface area contributed by atoms with E-state index in [2.05, 4.69) is 4.90 Å². The predicted molar refractivity (Wildman–Crippen MR) is 126 cm³/mol. The number of aryl methyl sites for hydroxylation is 2. The second-order valence-electron chi connectivity index (χ2n) is 8.95. The average molecular weight is 454 g/mol. The molecule has 176 valence electrons. The third-order valence-corrected chi connectivity index (χ3v) is 5.54. The van der Waals surface area contributed by atoms with Gasteiger partial charge in [0.1, 0.15) is 36.1 Å². The van der Waals surface area contributed by atoms with Crippen LogP contribution >= 0.6 is 0 Å². The lowest BCUT2D eigenvalue weighted by Gasteiger charge is -2.36. The van der Waals surface area contributed by atoms with Gasteiger partial charge in [-0.3, -0.25) is 9.69 Å². The lowest BCUT2D eigenvalue weighted by molar-refractivity contribution is -0.0786. The van der Waals surface area contributed by atoms with Gasteiger partial charge in [0.2, 0.25) is 11.2 Å². The maximum Gasteiger partial charge on any atom is 0.235 e. The fraction of sp³-hybridized carbons (Fsp3) is 0.423. The number of aliphatic hydroxyl groups excluding tert-OH is 1. The summed E-state index contributed by atoms with van der Waals surface area (Å²) in [7, 11) is 0. The van der Waals surface area contributed by atoms with Crippen LogP contribution in [0.4, 0.5) is 0 Å². The van der Waals surface area contributed by atoms with Crippen LogP contribution in [0.1, 0.15) is 25.0 Å². The Morgan fingerprint density at radius 3 is 2.45 bits per heavy atom. The van der Waals surface area contributed by atoms with E-state index >= 15 is 0 Å². The highest BCUT2D eigenvalue weighted by atomic mass is 16.5. The minimum atomic E-state index is -0.640. The van der Waals surface area contributed by atoms with Gasteiger partial charge in [0, 0.05) is 25.7 Å². The van der Waals surface area contributed by atoms with E-state index in [0.29, 0.717) is 29.0 Å². The van der Waals surface area contributed by atoms with Crippen LogP contribution in [-0.4, -0.2) is 54.6 Å². The zero-order valence-electron chi connectivity index (χ0n) is 19.5. The summed E-state index contributed by atoms with van der Waals surface area (Å²) in [6.07, 6.45) is 0.976. The summed E-state index contributed by atoms with van der Waals surface area (Å²) in [6, 6.07) is 10.8. The van der Waals surface area contributed by atoms with Gasteiger partial charge in [-0.05, 0) is 63.1 Å². The molecule has 1 aliphatic heterocycles. The first kappa shape index (κ1) is 23.3. The molecule has 0 saturated carbocycles. The highest BCUT2D eigenvalue weighted by molar-refractivity contribution is 5.79. The zero-order valence-corrected chi connectivity index (χ0v) is 19.5. The van der Waals surface area contributed by atoms with Crippen LogP contribution in [-0.2, 0) is 4.74 Å². The summed E-state index contributed by atoms with van der Waals surface area (Å²) in [5, 5.41) is 10.8. The van der Waals surface area contributed by atoms with Crippen molar-refractivity contribution in [3.8, 4) is 17.2 Å². The first-order chi connectivity index (χ1) is 15.8. The Morgan fingerprint density at radius 1 is 1.06 bits per heavy atom. The molecule has 0 amide bonds. The van der Waals surface area contributed by atoms with Gasteiger partial charge in [0.15, 0.2) is 0 Å². The molecule has 0 radical (unpaired) electrons. The van der Waals surface area contributed by atoms with Gasteiger partial charge >= 0.3 is 0 Å². The molecule has 3 atom stereocenters. The Labute approximate surface area is 193 Å². The number of nitrogens with zero attached hydrogens (tertiary/aromatic N) is 1. The lowest BCUT2D eigenvalue weighted by atomic mass is 10.1. The van der Waals surface area contributed by atoms with Gasteiger partial charge in [-0.2, -0.15) is 0 Å². The van der Waals surface area contributed by atoms with Gasteiger partial charge in [-0.25, -0.2) is 0 Å². The van der Waals surface area contributed by atoms with Crippen molar-refractivity contribution in [2.45, 2.75) is 46.0 Å². The van der Waals surface area contributed by atoms with Crippen LogP contribution in [0.5, 0.6) is 17.2 Å². The molecule has 1 saturated heterocycles. The van der Waals surface area contributed by atoms with Crippen molar-refractivity contribution in [1.29, 1.82) is 0 Å². The molecule has 7 nitrogen and oxygen atoms in total. The molecule has 1 aliphatic rings. The largest absolute Gasteiger partial charge is 0.491 e. The van der Waals surface area contributed by atoms with Crippen molar-refractivity contribution in [3.63, 3.8) is 0 Å². The van der Waals surface area contributed by atoms with E-state index in [4.69, 9.17) is 18.6 Å². The minimum absolute atomic E-state index is 0.130. The molecule has 2 aromatic carbocycles. The first-order valence-corrected chi connectivity index (χ1v) is 11.3. The number of morpholine rings is 1. The smallest absolute Gasteiger partial charge is 0.235 e. The average Bonchev–Trinajstić information content (AvgIpc) is 2.73. The van der Waals surface area contributed by atoms with E-state index in [9.17, 15) is 9.90 Å². The molecule has 0 aliphatic carbocycles. The molecule has 1 aromatic heterocycles. The molecule has 33 heavy (non-hydrogen) atoms. The molecule has 7 heteroatoms. The molecular formula is C26H31NO6. The van der Waals surface area contributed by atoms with Gasteiger partial charge in [0.05, 0.1) is 17.6 Å². The van der Waals surface area contributed by atoms with Gasteiger partial charge < -0.3 is 23.7 Å². The predicted octanol–water partition coefficient (Wildman–Crippen LogP) is 4.05. The number of benzene rings is 2.